The number of benzene rings is 1. The zero-order valence-electron chi connectivity index (χ0n) is 16.4. The number of nitrogens with zero attached hydrogens (tertiary/aromatic N) is 2. The van der Waals surface area contributed by atoms with Crippen LogP contribution < -0.4 is 19.7 Å². The van der Waals surface area contributed by atoms with E-state index in [0.717, 1.165) is 18.5 Å². The van der Waals surface area contributed by atoms with Crippen LogP contribution in [0.3, 0.4) is 0 Å². The Balaban J connectivity index is 1.62. The van der Waals surface area contributed by atoms with Gasteiger partial charge in [-0.3, -0.25) is 4.79 Å². The number of urea groups is 1. The maximum atomic E-state index is 12.6. The summed E-state index contributed by atoms with van der Waals surface area (Å²) in [5, 5.41) is 3.03. The highest BCUT2D eigenvalue weighted by molar-refractivity contribution is 5.97. The number of rotatable bonds is 5. The van der Waals surface area contributed by atoms with Crippen molar-refractivity contribution in [3.63, 3.8) is 0 Å². The van der Waals surface area contributed by atoms with E-state index < -0.39 is 0 Å². The summed E-state index contributed by atoms with van der Waals surface area (Å²) in [6.07, 6.45) is 6.03. The molecule has 7 heteroatoms. The fraction of sp³-hybridized carbons (Fsp3) is 0.600. The first kappa shape index (κ1) is 19.3. The Kier molecular flexibility index (Phi) is 6.08. The van der Waals surface area contributed by atoms with E-state index in [0.29, 0.717) is 30.5 Å². The van der Waals surface area contributed by atoms with Crippen LogP contribution in [0.15, 0.2) is 18.2 Å². The number of amides is 3. The zero-order valence-corrected chi connectivity index (χ0v) is 16.4. The number of methoxy groups -OCH3 is 2. The molecule has 1 saturated heterocycles. The number of nitrogens with one attached hydrogen (secondary N) is 1. The molecule has 3 rings (SSSR count). The van der Waals surface area contributed by atoms with Crippen LogP contribution in [0, 0.1) is 0 Å². The summed E-state index contributed by atoms with van der Waals surface area (Å²) < 4.78 is 10.6. The van der Waals surface area contributed by atoms with Gasteiger partial charge in [-0.1, -0.05) is 19.3 Å². The van der Waals surface area contributed by atoms with Crippen molar-refractivity contribution in [1.82, 2.24) is 10.2 Å². The van der Waals surface area contributed by atoms with Crippen LogP contribution in [0.1, 0.15) is 38.5 Å². The second-order valence-corrected chi connectivity index (χ2v) is 7.30. The van der Waals surface area contributed by atoms with E-state index in [2.05, 4.69) is 5.32 Å². The SMILES string of the molecule is COc1ccc(N2C[C@@H](NC(=O)N(C)C3CCCCC3)CC2=O)cc1OC. The monoisotopic (exact) mass is 375 g/mol. The van der Waals surface area contributed by atoms with E-state index in [9.17, 15) is 9.59 Å². The van der Waals surface area contributed by atoms with E-state index in [4.69, 9.17) is 9.47 Å². The molecule has 1 aromatic rings. The minimum Gasteiger partial charge on any atom is -0.493 e. The smallest absolute Gasteiger partial charge is 0.317 e. The molecule has 1 N–H and O–H groups in total. The topological polar surface area (TPSA) is 71.1 Å². The molecule has 27 heavy (non-hydrogen) atoms. The van der Waals surface area contributed by atoms with Crippen LogP contribution >= 0.6 is 0 Å². The predicted octanol–water partition coefficient (Wildman–Crippen LogP) is 2.78. The molecule has 1 saturated carbocycles. The van der Waals surface area contributed by atoms with Gasteiger partial charge in [-0.2, -0.15) is 0 Å². The van der Waals surface area contributed by atoms with E-state index in [-0.39, 0.29) is 18.0 Å². The van der Waals surface area contributed by atoms with E-state index in [1.54, 1.807) is 31.3 Å². The van der Waals surface area contributed by atoms with Crippen molar-refractivity contribution in [2.75, 3.05) is 32.7 Å². The molecule has 2 fully saturated rings. The van der Waals surface area contributed by atoms with Crippen LogP contribution in [-0.2, 0) is 4.79 Å². The van der Waals surface area contributed by atoms with Crippen molar-refractivity contribution in [3.8, 4) is 11.5 Å². The molecule has 0 aromatic heterocycles. The largest absolute Gasteiger partial charge is 0.493 e. The molecule has 2 aliphatic rings. The third kappa shape index (κ3) is 4.28. The second-order valence-electron chi connectivity index (χ2n) is 7.30. The molecule has 0 radical (unpaired) electrons. The Morgan fingerprint density at radius 2 is 1.85 bits per heavy atom. The Labute approximate surface area is 160 Å². The molecule has 148 valence electrons. The first-order chi connectivity index (χ1) is 13.0. The molecular formula is C20H29N3O4. The molecule has 1 heterocycles. The normalized spacial score (nSPS) is 20.5. The first-order valence-electron chi connectivity index (χ1n) is 9.59. The summed E-state index contributed by atoms with van der Waals surface area (Å²) in [6.45, 7) is 0.457. The van der Waals surface area contributed by atoms with Crippen LogP contribution in [0.2, 0.25) is 0 Å². The van der Waals surface area contributed by atoms with Crippen LogP contribution in [0.25, 0.3) is 0 Å². The molecule has 3 amide bonds. The summed E-state index contributed by atoms with van der Waals surface area (Å²) in [7, 11) is 5.00. The maximum Gasteiger partial charge on any atom is 0.317 e. The lowest BCUT2D eigenvalue weighted by Gasteiger charge is -2.32. The molecule has 0 bridgehead atoms. The fourth-order valence-electron chi connectivity index (χ4n) is 3.96. The third-order valence-corrected chi connectivity index (χ3v) is 5.57. The average Bonchev–Trinajstić information content (AvgIpc) is 3.07. The number of ether oxygens (including phenoxy) is 2. The maximum absolute atomic E-state index is 12.6. The number of carbonyl (C=O) groups excluding carboxylic acids is 2. The lowest BCUT2D eigenvalue weighted by molar-refractivity contribution is -0.117. The van der Waals surface area contributed by atoms with Crippen molar-refractivity contribution in [1.29, 1.82) is 0 Å². The summed E-state index contributed by atoms with van der Waals surface area (Å²) >= 11 is 0. The van der Waals surface area contributed by atoms with Gasteiger partial charge in [0, 0.05) is 37.8 Å². The molecule has 1 aliphatic carbocycles. The summed E-state index contributed by atoms with van der Waals surface area (Å²) in [4.78, 5) is 28.6. The van der Waals surface area contributed by atoms with Gasteiger partial charge in [0.1, 0.15) is 0 Å². The number of hydrogen-bond donors (Lipinski definition) is 1. The highest BCUT2D eigenvalue weighted by Gasteiger charge is 2.33. The Bertz CT molecular complexity index is 688. The fourth-order valence-corrected chi connectivity index (χ4v) is 3.96. The van der Waals surface area contributed by atoms with Crippen molar-refractivity contribution in [3.05, 3.63) is 18.2 Å². The standard InChI is InChI=1S/C20H29N3O4/c1-22(15-7-5-4-6-8-15)20(25)21-14-11-19(24)23(13-14)16-9-10-17(26-2)18(12-16)27-3/h9-10,12,14-15H,4-8,11,13H2,1-3H3,(H,21,25)/t14-/m0/s1. The van der Waals surface area contributed by atoms with Gasteiger partial charge in [-0.05, 0) is 25.0 Å². The Morgan fingerprint density at radius 3 is 2.52 bits per heavy atom. The minimum absolute atomic E-state index is 0.00663. The van der Waals surface area contributed by atoms with E-state index in [1.807, 2.05) is 18.0 Å². The van der Waals surface area contributed by atoms with Gasteiger partial charge in [0.15, 0.2) is 11.5 Å². The highest BCUT2D eigenvalue weighted by atomic mass is 16.5. The average molecular weight is 375 g/mol. The molecule has 0 unspecified atom stereocenters. The molecular weight excluding hydrogens is 346 g/mol. The molecule has 0 spiro atoms. The molecule has 1 aliphatic heterocycles. The number of anilines is 1. The molecule has 1 aromatic carbocycles. The summed E-state index contributed by atoms with van der Waals surface area (Å²) in [5.74, 6) is 1.19. The lowest BCUT2D eigenvalue weighted by Crippen LogP contribution is -2.48. The zero-order chi connectivity index (χ0) is 19.4. The van der Waals surface area contributed by atoms with Gasteiger partial charge in [0.05, 0.1) is 20.3 Å². The highest BCUT2D eigenvalue weighted by Crippen LogP contribution is 2.33. The van der Waals surface area contributed by atoms with Crippen molar-refractivity contribution < 1.29 is 19.1 Å². The van der Waals surface area contributed by atoms with Crippen molar-refractivity contribution >= 4 is 17.6 Å². The van der Waals surface area contributed by atoms with Crippen LogP contribution in [0.5, 0.6) is 11.5 Å². The second kappa shape index (κ2) is 8.50. The van der Waals surface area contributed by atoms with Crippen LogP contribution in [-0.4, -0.2) is 56.7 Å². The lowest BCUT2D eigenvalue weighted by atomic mass is 9.95. The minimum atomic E-state index is -0.191. The number of hydrogen-bond acceptors (Lipinski definition) is 4. The van der Waals surface area contributed by atoms with Gasteiger partial charge in [-0.25, -0.2) is 4.79 Å². The van der Waals surface area contributed by atoms with Crippen molar-refractivity contribution in [2.24, 2.45) is 0 Å². The van der Waals surface area contributed by atoms with Crippen LogP contribution in [0.4, 0.5) is 10.5 Å². The van der Waals surface area contributed by atoms with Crippen molar-refractivity contribution in [2.45, 2.75) is 50.6 Å². The first-order valence-corrected chi connectivity index (χ1v) is 9.59. The third-order valence-electron chi connectivity index (χ3n) is 5.57. The van der Waals surface area contributed by atoms with Gasteiger partial charge in [0.25, 0.3) is 0 Å². The summed E-state index contributed by atoms with van der Waals surface area (Å²) in [6, 6.07) is 5.42. The predicted molar refractivity (Wildman–Crippen MR) is 103 cm³/mol. The molecule has 1 atom stereocenters. The molecule has 7 nitrogen and oxygen atoms in total. The summed E-state index contributed by atoms with van der Waals surface area (Å²) in [5.41, 5.74) is 0.745. The quantitative estimate of drug-likeness (QED) is 0.859. The van der Waals surface area contributed by atoms with Gasteiger partial charge < -0.3 is 24.6 Å². The van der Waals surface area contributed by atoms with E-state index in [1.165, 1.54) is 19.3 Å². The van der Waals surface area contributed by atoms with Gasteiger partial charge in [0.2, 0.25) is 5.91 Å². The Morgan fingerprint density at radius 1 is 1.15 bits per heavy atom. The Hall–Kier alpha value is -2.44. The van der Waals surface area contributed by atoms with Gasteiger partial charge in [-0.15, -0.1) is 0 Å². The van der Waals surface area contributed by atoms with Gasteiger partial charge >= 0.3 is 6.03 Å². The number of carbonyl (C=O) groups is 2. The van der Waals surface area contributed by atoms with E-state index >= 15 is 0 Å².